The Labute approximate surface area is 205 Å². The molecule has 0 aromatic heterocycles. The zero-order valence-corrected chi connectivity index (χ0v) is 22.8. The van der Waals surface area contributed by atoms with Crippen LogP contribution in [0, 0.1) is 5.41 Å². The molecule has 1 aliphatic carbocycles. The van der Waals surface area contributed by atoms with Gasteiger partial charge in [0.2, 0.25) is 5.75 Å². The summed E-state index contributed by atoms with van der Waals surface area (Å²) >= 11 is 0. The molecule has 0 spiro atoms. The van der Waals surface area contributed by atoms with Gasteiger partial charge in [-0.3, -0.25) is 0 Å². The van der Waals surface area contributed by atoms with E-state index in [0.717, 1.165) is 18.5 Å². The monoisotopic (exact) mass is 479 g/mol. The topological polar surface area (TPSA) is 67.4 Å². The molecule has 3 rings (SSSR count). The summed E-state index contributed by atoms with van der Waals surface area (Å²) in [5.74, 6) is 1.81. The van der Waals surface area contributed by atoms with Crippen LogP contribution in [0.2, 0.25) is 0 Å². The number of benzene rings is 1. The number of ether oxygens (including phenoxy) is 6. The second-order valence-electron chi connectivity index (χ2n) is 10.7. The van der Waals surface area contributed by atoms with Gasteiger partial charge in [-0.25, -0.2) is 0 Å². The summed E-state index contributed by atoms with van der Waals surface area (Å²) in [6.07, 6.45) is -0.346. The van der Waals surface area contributed by atoms with E-state index in [4.69, 9.17) is 28.4 Å². The lowest BCUT2D eigenvalue weighted by molar-refractivity contribution is -0.0893. The normalized spacial score (nSPS) is 25.8. The standard InChI is InChI=1S/C27H45NO6/c1-11-29-17(4)32-21-14-20-22(26(10)16-28-27(20,26)15-25(7,8)9)24(34-19(6)31-13-3)23(21)33-18(5)30-12-2/h14,17-19,28H,11-13,15-16H2,1-10H3. The van der Waals surface area contributed by atoms with Crippen molar-refractivity contribution in [1.82, 2.24) is 5.32 Å². The largest absolute Gasteiger partial charge is 0.461 e. The molecule has 1 saturated heterocycles. The van der Waals surface area contributed by atoms with Gasteiger partial charge in [0.15, 0.2) is 30.4 Å². The Balaban J connectivity index is 2.17. The molecule has 1 aromatic carbocycles. The third-order valence-corrected chi connectivity index (χ3v) is 6.76. The van der Waals surface area contributed by atoms with Crippen molar-refractivity contribution >= 4 is 0 Å². The Kier molecular flexibility index (Phi) is 8.13. The maximum Gasteiger partial charge on any atom is 0.207 e. The molecule has 1 fully saturated rings. The highest BCUT2D eigenvalue weighted by Crippen LogP contribution is 2.68. The second-order valence-corrected chi connectivity index (χ2v) is 10.7. The van der Waals surface area contributed by atoms with Crippen molar-refractivity contribution in [2.45, 2.75) is 105 Å². The minimum absolute atomic E-state index is 0.0755. The van der Waals surface area contributed by atoms with E-state index in [1.54, 1.807) is 0 Å². The Morgan fingerprint density at radius 1 is 0.853 bits per heavy atom. The summed E-state index contributed by atoms with van der Waals surface area (Å²) in [7, 11) is 0. The van der Waals surface area contributed by atoms with Crippen molar-refractivity contribution in [2.75, 3.05) is 26.4 Å². The molecule has 5 unspecified atom stereocenters. The van der Waals surface area contributed by atoms with E-state index in [1.807, 2.05) is 41.5 Å². The van der Waals surface area contributed by atoms with Gasteiger partial charge in [0.1, 0.15) is 0 Å². The van der Waals surface area contributed by atoms with E-state index in [-0.39, 0.29) is 16.4 Å². The van der Waals surface area contributed by atoms with Crippen molar-refractivity contribution in [3.05, 3.63) is 17.2 Å². The molecular weight excluding hydrogens is 434 g/mol. The SMILES string of the molecule is CCOC(C)Oc1cc2c(c(OC(C)OCC)c1OC(C)OCC)C1(C)CNC21CC(C)(C)C. The van der Waals surface area contributed by atoms with Crippen LogP contribution in [-0.2, 0) is 25.2 Å². The highest BCUT2D eigenvalue weighted by atomic mass is 16.7. The van der Waals surface area contributed by atoms with Crippen LogP contribution in [0.1, 0.15) is 86.8 Å². The third-order valence-electron chi connectivity index (χ3n) is 6.76. The van der Waals surface area contributed by atoms with Crippen LogP contribution >= 0.6 is 0 Å². The lowest BCUT2D eigenvalue weighted by atomic mass is 9.43. The quantitative estimate of drug-likeness (QED) is 0.376. The van der Waals surface area contributed by atoms with E-state index in [2.05, 4.69) is 39.1 Å². The Morgan fingerprint density at radius 2 is 1.35 bits per heavy atom. The molecule has 2 aliphatic rings. The smallest absolute Gasteiger partial charge is 0.207 e. The molecule has 5 atom stereocenters. The minimum Gasteiger partial charge on any atom is -0.461 e. The molecule has 1 aliphatic heterocycles. The maximum absolute atomic E-state index is 6.45. The molecule has 7 heteroatoms. The predicted octanol–water partition coefficient (Wildman–Crippen LogP) is 5.48. The fraction of sp³-hybridized carbons (Fsp3) is 0.778. The molecule has 1 heterocycles. The van der Waals surface area contributed by atoms with Crippen LogP contribution < -0.4 is 19.5 Å². The van der Waals surface area contributed by atoms with E-state index < -0.39 is 18.9 Å². The minimum atomic E-state index is -0.468. The highest BCUT2D eigenvalue weighted by molar-refractivity contribution is 5.72. The van der Waals surface area contributed by atoms with E-state index >= 15 is 0 Å². The second kappa shape index (κ2) is 10.2. The summed E-state index contributed by atoms with van der Waals surface area (Å²) in [6, 6.07) is 2.11. The van der Waals surface area contributed by atoms with Crippen molar-refractivity contribution in [2.24, 2.45) is 5.41 Å². The molecule has 34 heavy (non-hydrogen) atoms. The van der Waals surface area contributed by atoms with Gasteiger partial charge in [-0.15, -0.1) is 0 Å². The first-order chi connectivity index (χ1) is 15.9. The number of hydrogen-bond donors (Lipinski definition) is 1. The zero-order chi connectivity index (χ0) is 25.3. The molecule has 0 saturated carbocycles. The van der Waals surface area contributed by atoms with Gasteiger partial charge in [0, 0.05) is 37.3 Å². The lowest BCUT2D eigenvalue weighted by Gasteiger charge is -2.69. The van der Waals surface area contributed by atoms with Crippen molar-refractivity contribution < 1.29 is 28.4 Å². The lowest BCUT2D eigenvalue weighted by Crippen LogP contribution is -2.79. The molecule has 1 aromatic rings. The van der Waals surface area contributed by atoms with E-state index in [9.17, 15) is 0 Å². The average molecular weight is 480 g/mol. The van der Waals surface area contributed by atoms with Gasteiger partial charge < -0.3 is 33.7 Å². The molecule has 0 bridgehead atoms. The van der Waals surface area contributed by atoms with Gasteiger partial charge in [0.25, 0.3) is 0 Å². The summed E-state index contributed by atoms with van der Waals surface area (Å²) in [6.45, 7) is 23.2. The Hall–Kier alpha value is -1.54. The van der Waals surface area contributed by atoms with Crippen molar-refractivity contribution in [3.63, 3.8) is 0 Å². The first kappa shape index (κ1) is 27.1. The van der Waals surface area contributed by atoms with Gasteiger partial charge in [0.05, 0.1) is 5.54 Å². The number of hydrogen-bond acceptors (Lipinski definition) is 7. The number of rotatable bonds is 13. The summed E-state index contributed by atoms with van der Waals surface area (Å²) in [5, 5.41) is 3.76. The molecular formula is C27H45NO6. The fourth-order valence-corrected chi connectivity index (χ4v) is 5.48. The van der Waals surface area contributed by atoms with Crippen LogP contribution in [-0.4, -0.2) is 45.2 Å². The Bertz CT molecular complexity index is 853. The van der Waals surface area contributed by atoms with Crippen LogP contribution in [0.25, 0.3) is 0 Å². The maximum atomic E-state index is 6.45. The summed E-state index contributed by atoms with van der Waals surface area (Å²) in [5.41, 5.74) is 2.30. The van der Waals surface area contributed by atoms with Crippen LogP contribution in [0.4, 0.5) is 0 Å². The molecule has 0 radical (unpaired) electrons. The summed E-state index contributed by atoms with van der Waals surface area (Å²) in [4.78, 5) is 0. The fourth-order valence-electron chi connectivity index (χ4n) is 5.48. The predicted molar refractivity (Wildman–Crippen MR) is 133 cm³/mol. The zero-order valence-electron chi connectivity index (χ0n) is 22.8. The van der Waals surface area contributed by atoms with Gasteiger partial charge in [-0.05, 0) is 65.0 Å². The van der Waals surface area contributed by atoms with E-state index in [1.165, 1.54) is 5.56 Å². The molecule has 1 N–H and O–H groups in total. The van der Waals surface area contributed by atoms with Crippen molar-refractivity contribution in [1.29, 1.82) is 0 Å². The first-order valence-electron chi connectivity index (χ1n) is 12.7. The van der Waals surface area contributed by atoms with Crippen molar-refractivity contribution in [3.8, 4) is 17.2 Å². The van der Waals surface area contributed by atoms with Crippen LogP contribution in [0.5, 0.6) is 17.2 Å². The number of fused-ring (bicyclic) bond motifs is 4. The molecule has 0 amide bonds. The van der Waals surface area contributed by atoms with Gasteiger partial charge in [-0.2, -0.15) is 0 Å². The van der Waals surface area contributed by atoms with Gasteiger partial charge in [-0.1, -0.05) is 27.7 Å². The molecule has 7 nitrogen and oxygen atoms in total. The van der Waals surface area contributed by atoms with Crippen LogP contribution in [0.15, 0.2) is 6.07 Å². The Morgan fingerprint density at radius 3 is 1.79 bits per heavy atom. The van der Waals surface area contributed by atoms with E-state index in [0.29, 0.717) is 37.1 Å². The average Bonchev–Trinajstić information content (AvgIpc) is 2.72. The summed E-state index contributed by atoms with van der Waals surface area (Å²) < 4.78 is 36.2. The highest BCUT2D eigenvalue weighted by Gasteiger charge is 2.69. The first-order valence-corrected chi connectivity index (χ1v) is 12.7. The van der Waals surface area contributed by atoms with Gasteiger partial charge >= 0.3 is 0 Å². The third kappa shape index (κ3) is 4.90. The van der Waals surface area contributed by atoms with Crippen LogP contribution in [0.3, 0.4) is 0 Å². The molecule has 194 valence electrons. The number of nitrogens with one attached hydrogen (secondary N) is 1.